The molecule has 1 N–H and O–H groups in total. The van der Waals surface area contributed by atoms with Crippen LogP contribution in [0.25, 0.3) is 5.65 Å². The van der Waals surface area contributed by atoms with Crippen molar-refractivity contribution >= 4 is 34.8 Å². The average molecular weight is 478 g/mol. The van der Waals surface area contributed by atoms with Gasteiger partial charge in [-0.3, -0.25) is 9.69 Å². The van der Waals surface area contributed by atoms with Crippen molar-refractivity contribution < 1.29 is 18.7 Å². The van der Waals surface area contributed by atoms with Gasteiger partial charge in [0.15, 0.2) is 5.65 Å². The van der Waals surface area contributed by atoms with Crippen molar-refractivity contribution in [3.63, 3.8) is 0 Å². The highest BCUT2D eigenvalue weighted by Gasteiger charge is 2.33. The summed E-state index contributed by atoms with van der Waals surface area (Å²) in [5.41, 5.74) is 1.79. The third-order valence-corrected chi connectivity index (χ3v) is 6.14. The molecule has 5 rings (SSSR count). The summed E-state index contributed by atoms with van der Waals surface area (Å²) in [7, 11) is 0. The SMILES string of the molecule is CC(=O)NC[C@H]1CN(c2ccc(N3CCN(c4ccnc5c(C#N)cnn45)CC3)c(F)c2)C(=O)O1. The van der Waals surface area contributed by atoms with Crippen LogP contribution in [-0.4, -0.2) is 72.0 Å². The molecule has 3 aromatic rings. The van der Waals surface area contributed by atoms with E-state index in [-0.39, 0.29) is 19.0 Å². The Hall–Kier alpha value is -4.40. The standard InChI is InChI=1S/C23H23FN8O3/c1-15(33)27-13-18-14-31(23(34)35-18)17-2-3-20(19(24)10-17)29-6-8-30(9-7-29)21-4-5-26-22-16(11-25)12-28-32(21)22/h2-5,10,12,18H,6-9,13-14H2,1H3,(H,27,33)/t18-/m0/s1. The van der Waals surface area contributed by atoms with Crippen LogP contribution in [0.5, 0.6) is 0 Å². The topological polar surface area (TPSA) is 119 Å². The number of ether oxygens (including phenoxy) is 1. The van der Waals surface area contributed by atoms with E-state index in [4.69, 9.17) is 4.74 Å². The lowest BCUT2D eigenvalue weighted by molar-refractivity contribution is -0.119. The molecule has 180 valence electrons. The molecule has 0 saturated carbocycles. The molecule has 2 aliphatic rings. The molecule has 0 spiro atoms. The zero-order valence-corrected chi connectivity index (χ0v) is 19.0. The number of rotatable bonds is 5. The fraction of sp³-hybridized carbons (Fsp3) is 0.348. The highest BCUT2D eigenvalue weighted by molar-refractivity contribution is 5.90. The number of carbonyl (C=O) groups is 2. The number of carbonyl (C=O) groups excluding carboxylic acids is 2. The monoisotopic (exact) mass is 478 g/mol. The van der Waals surface area contributed by atoms with Gasteiger partial charge < -0.3 is 19.9 Å². The van der Waals surface area contributed by atoms with E-state index in [0.29, 0.717) is 48.8 Å². The average Bonchev–Trinajstić information content (AvgIpc) is 3.45. The molecule has 1 atom stereocenters. The van der Waals surface area contributed by atoms with E-state index in [1.54, 1.807) is 22.8 Å². The number of cyclic esters (lactones) is 1. The number of halogens is 1. The Labute approximate surface area is 200 Å². The Morgan fingerprint density at radius 3 is 2.74 bits per heavy atom. The van der Waals surface area contributed by atoms with Crippen LogP contribution in [0.3, 0.4) is 0 Å². The molecule has 2 amide bonds. The van der Waals surface area contributed by atoms with E-state index in [9.17, 15) is 14.9 Å². The van der Waals surface area contributed by atoms with Crippen molar-refractivity contribution in [1.29, 1.82) is 5.26 Å². The lowest BCUT2D eigenvalue weighted by Gasteiger charge is -2.37. The first-order chi connectivity index (χ1) is 16.9. The maximum atomic E-state index is 15.1. The molecule has 0 radical (unpaired) electrons. The summed E-state index contributed by atoms with van der Waals surface area (Å²) in [6.45, 7) is 4.26. The van der Waals surface area contributed by atoms with Gasteiger partial charge in [-0.05, 0) is 24.3 Å². The second-order valence-corrected chi connectivity index (χ2v) is 8.37. The minimum atomic E-state index is -0.567. The van der Waals surface area contributed by atoms with E-state index >= 15 is 4.39 Å². The predicted octanol–water partition coefficient (Wildman–Crippen LogP) is 1.53. The highest BCUT2D eigenvalue weighted by Crippen LogP contribution is 2.29. The molecular weight excluding hydrogens is 455 g/mol. The van der Waals surface area contributed by atoms with Crippen molar-refractivity contribution in [1.82, 2.24) is 19.9 Å². The number of hydrogen-bond donors (Lipinski definition) is 1. The van der Waals surface area contributed by atoms with Crippen LogP contribution in [0.1, 0.15) is 12.5 Å². The lowest BCUT2D eigenvalue weighted by Crippen LogP contribution is -2.47. The fourth-order valence-electron chi connectivity index (χ4n) is 4.39. The summed E-state index contributed by atoms with van der Waals surface area (Å²) in [6, 6.07) is 8.65. The third-order valence-electron chi connectivity index (χ3n) is 6.14. The van der Waals surface area contributed by atoms with E-state index in [1.807, 2.05) is 11.0 Å². The lowest BCUT2D eigenvalue weighted by atomic mass is 10.2. The summed E-state index contributed by atoms with van der Waals surface area (Å²) in [6.07, 6.45) is 2.10. The quantitative estimate of drug-likeness (QED) is 0.587. The normalized spacial score (nSPS) is 18.0. The fourth-order valence-corrected chi connectivity index (χ4v) is 4.39. The molecular formula is C23H23FN8O3. The van der Waals surface area contributed by atoms with Gasteiger partial charge in [0.05, 0.1) is 30.7 Å². The van der Waals surface area contributed by atoms with Crippen molar-refractivity contribution in [3.05, 3.63) is 48.0 Å². The van der Waals surface area contributed by atoms with Crippen LogP contribution in [0, 0.1) is 17.1 Å². The largest absolute Gasteiger partial charge is 0.442 e. The summed E-state index contributed by atoms with van der Waals surface area (Å²) in [5.74, 6) is 0.194. The minimum Gasteiger partial charge on any atom is -0.442 e. The second kappa shape index (κ2) is 9.09. The maximum Gasteiger partial charge on any atom is 0.414 e. The number of benzene rings is 1. The number of amides is 2. The predicted molar refractivity (Wildman–Crippen MR) is 125 cm³/mol. The first-order valence-corrected chi connectivity index (χ1v) is 11.2. The van der Waals surface area contributed by atoms with Crippen LogP contribution >= 0.6 is 0 Å². The molecule has 2 saturated heterocycles. The molecule has 4 heterocycles. The summed E-state index contributed by atoms with van der Waals surface area (Å²) in [4.78, 5) is 33.0. The Morgan fingerprint density at radius 1 is 1.26 bits per heavy atom. The summed E-state index contributed by atoms with van der Waals surface area (Å²) >= 11 is 0. The Kier molecular flexibility index (Phi) is 5.82. The first-order valence-electron chi connectivity index (χ1n) is 11.2. The molecule has 11 nitrogen and oxygen atoms in total. The zero-order valence-electron chi connectivity index (χ0n) is 19.0. The molecule has 0 aliphatic carbocycles. The number of anilines is 3. The van der Waals surface area contributed by atoms with Crippen LogP contribution in [-0.2, 0) is 9.53 Å². The molecule has 0 bridgehead atoms. The van der Waals surface area contributed by atoms with E-state index in [0.717, 1.165) is 5.82 Å². The number of hydrogen-bond acceptors (Lipinski definition) is 8. The summed E-state index contributed by atoms with van der Waals surface area (Å²) in [5, 5.41) is 16.1. The van der Waals surface area contributed by atoms with E-state index in [1.165, 1.54) is 24.1 Å². The molecule has 35 heavy (non-hydrogen) atoms. The van der Waals surface area contributed by atoms with E-state index in [2.05, 4.69) is 26.4 Å². The Balaban J connectivity index is 1.26. The van der Waals surface area contributed by atoms with E-state index < -0.39 is 18.0 Å². The number of nitrogens with zero attached hydrogens (tertiary/aromatic N) is 7. The van der Waals surface area contributed by atoms with Gasteiger partial charge in [-0.25, -0.2) is 14.2 Å². The molecule has 0 unspecified atom stereocenters. The smallest absolute Gasteiger partial charge is 0.414 e. The summed E-state index contributed by atoms with van der Waals surface area (Å²) < 4.78 is 22.0. The Bertz CT molecular complexity index is 1330. The number of piperazine rings is 1. The maximum absolute atomic E-state index is 15.1. The van der Waals surface area contributed by atoms with Gasteiger partial charge >= 0.3 is 6.09 Å². The number of fused-ring (bicyclic) bond motifs is 1. The van der Waals surface area contributed by atoms with Crippen LogP contribution in [0.4, 0.5) is 26.4 Å². The number of aromatic nitrogens is 3. The van der Waals surface area contributed by atoms with Gasteiger partial charge in [0.2, 0.25) is 5.91 Å². The Morgan fingerprint density at radius 2 is 2.03 bits per heavy atom. The van der Waals surface area contributed by atoms with Gasteiger partial charge in [-0.15, -0.1) is 0 Å². The second-order valence-electron chi connectivity index (χ2n) is 8.37. The molecule has 2 aromatic heterocycles. The zero-order chi connectivity index (χ0) is 24.5. The van der Waals surface area contributed by atoms with Gasteiger partial charge in [0.1, 0.15) is 29.4 Å². The molecule has 2 aliphatic heterocycles. The molecule has 1 aromatic carbocycles. The number of nitriles is 1. The van der Waals surface area contributed by atoms with Crippen molar-refractivity contribution in [2.45, 2.75) is 13.0 Å². The van der Waals surface area contributed by atoms with Crippen molar-refractivity contribution in [2.24, 2.45) is 0 Å². The highest BCUT2D eigenvalue weighted by atomic mass is 19.1. The molecule has 2 fully saturated rings. The number of nitrogens with one attached hydrogen (secondary N) is 1. The van der Waals surface area contributed by atoms with Crippen LogP contribution < -0.4 is 20.0 Å². The van der Waals surface area contributed by atoms with Crippen LogP contribution in [0.2, 0.25) is 0 Å². The van der Waals surface area contributed by atoms with Crippen molar-refractivity contribution in [3.8, 4) is 6.07 Å². The van der Waals surface area contributed by atoms with Gasteiger partial charge in [0.25, 0.3) is 0 Å². The minimum absolute atomic E-state index is 0.208. The van der Waals surface area contributed by atoms with Gasteiger partial charge in [0, 0.05) is 39.3 Å². The molecule has 12 heteroatoms. The van der Waals surface area contributed by atoms with Gasteiger partial charge in [-0.2, -0.15) is 14.9 Å². The van der Waals surface area contributed by atoms with Crippen molar-refractivity contribution in [2.75, 3.05) is 54.0 Å². The van der Waals surface area contributed by atoms with Crippen LogP contribution in [0.15, 0.2) is 36.7 Å². The van der Waals surface area contributed by atoms with Gasteiger partial charge in [-0.1, -0.05) is 0 Å². The third kappa shape index (κ3) is 4.28. The first kappa shape index (κ1) is 22.4.